The van der Waals surface area contributed by atoms with Crippen molar-refractivity contribution in [3.63, 3.8) is 0 Å². The highest BCUT2D eigenvalue weighted by atomic mass is 35.5. The van der Waals surface area contributed by atoms with Gasteiger partial charge in [0.1, 0.15) is 0 Å². The third kappa shape index (κ3) is 3.49. The molecule has 1 N–H and O–H groups in total. The van der Waals surface area contributed by atoms with Crippen molar-refractivity contribution in [3.8, 4) is 0 Å². The number of hydrogen-bond acceptors (Lipinski definition) is 2. The monoisotopic (exact) mass is 316 g/mol. The summed E-state index contributed by atoms with van der Waals surface area (Å²) in [4.78, 5) is 14.3. The average molecular weight is 317 g/mol. The molecule has 0 saturated carbocycles. The summed E-state index contributed by atoms with van der Waals surface area (Å²) in [5, 5.41) is 3.30. The first kappa shape index (κ1) is 16.5. The molecule has 0 spiro atoms. The third-order valence-corrected chi connectivity index (χ3v) is 3.93. The summed E-state index contributed by atoms with van der Waals surface area (Å²) in [7, 11) is 1.86. The molecule has 1 aliphatic rings. The highest BCUT2D eigenvalue weighted by molar-refractivity contribution is 5.94. The molecule has 0 unspecified atom stereocenters. The van der Waals surface area contributed by atoms with E-state index in [9.17, 15) is 4.79 Å². The van der Waals surface area contributed by atoms with Gasteiger partial charge in [-0.1, -0.05) is 35.9 Å². The van der Waals surface area contributed by atoms with E-state index in [2.05, 4.69) is 36.5 Å². The first-order chi connectivity index (χ1) is 10.1. The Kier molecular flexibility index (Phi) is 5.22. The molecule has 1 amide bonds. The topological polar surface area (TPSA) is 32.3 Å². The molecule has 3 rings (SSSR count). The van der Waals surface area contributed by atoms with Crippen LogP contribution >= 0.6 is 12.4 Å². The summed E-state index contributed by atoms with van der Waals surface area (Å²) >= 11 is 0. The van der Waals surface area contributed by atoms with Crippen molar-refractivity contribution in [3.05, 3.63) is 70.3 Å². The van der Waals surface area contributed by atoms with Crippen LogP contribution in [0.5, 0.6) is 0 Å². The Labute approximate surface area is 137 Å². The lowest BCUT2D eigenvalue weighted by Crippen LogP contribution is -2.26. The minimum absolute atomic E-state index is 0. The first-order valence-electron chi connectivity index (χ1n) is 7.27. The number of nitrogens with zero attached hydrogens (tertiary/aromatic N) is 1. The molecular formula is C18H21ClN2O. The molecule has 116 valence electrons. The molecule has 0 aromatic heterocycles. The van der Waals surface area contributed by atoms with Crippen LogP contribution in [0.3, 0.4) is 0 Å². The van der Waals surface area contributed by atoms with E-state index in [1.807, 2.05) is 25.2 Å². The summed E-state index contributed by atoms with van der Waals surface area (Å²) in [6.45, 7) is 4.47. The van der Waals surface area contributed by atoms with Gasteiger partial charge < -0.3 is 10.2 Å². The lowest BCUT2D eigenvalue weighted by Gasteiger charge is -2.18. The molecule has 0 fully saturated rings. The number of nitrogens with one attached hydrogen (secondary N) is 1. The second-order valence-electron chi connectivity index (χ2n) is 5.74. The van der Waals surface area contributed by atoms with Crippen LogP contribution in [0.4, 0.5) is 0 Å². The van der Waals surface area contributed by atoms with E-state index in [-0.39, 0.29) is 18.3 Å². The van der Waals surface area contributed by atoms with Gasteiger partial charge in [0.25, 0.3) is 5.91 Å². The summed E-state index contributed by atoms with van der Waals surface area (Å²) in [5.41, 5.74) is 5.69. The first-order valence-corrected chi connectivity index (χ1v) is 7.27. The van der Waals surface area contributed by atoms with Gasteiger partial charge in [0.05, 0.1) is 0 Å². The molecule has 1 heterocycles. The van der Waals surface area contributed by atoms with E-state index < -0.39 is 0 Å². The molecule has 0 atom stereocenters. The number of benzene rings is 2. The zero-order valence-electron chi connectivity index (χ0n) is 12.9. The molecule has 3 nitrogen and oxygen atoms in total. The lowest BCUT2D eigenvalue weighted by molar-refractivity contribution is 0.0785. The zero-order chi connectivity index (χ0) is 14.8. The maximum atomic E-state index is 12.5. The summed E-state index contributed by atoms with van der Waals surface area (Å²) < 4.78 is 0. The van der Waals surface area contributed by atoms with E-state index in [1.165, 1.54) is 16.7 Å². The third-order valence-electron chi connectivity index (χ3n) is 3.93. The van der Waals surface area contributed by atoms with Crippen LogP contribution in [0.2, 0.25) is 0 Å². The maximum Gasteiger partial charge on any atom is 0.253 e. The quantitative estimate of drug-likeness (QED) is 0.942. The number of aryl methyl sites for hydroxylation is 1. The molecule has 0 radical (unpaired) electrons. The summed E-state index contributed by atoms with van der Waals surface area (Å²) in [5.74, 6) is 0.0752. The zero-order valence-corrected chi connectivity index (χ0v) is 13.7. The highest BCUT2D eigenvalue weighted by Crippen LogP contribution is 2.18. The Morgan fingerprint density at radius 1 is 1.14 bits per heavy atom. The van der Waals surface area contributed by atoms with E-state index in [4.69, 9.17) is 0 Å². The molecule has 0 aliphatic carbocycles. The fourth-order valence-electron chi connectivity index (χ4n) is 2.80. The van der Waals surface area contributed by atoms with Gasteiger partial charge in [0.2, 0.25) is 0 Å². The number of rotatable bonds is 3. The molecule has 22 heavy (non-hydrogen) atoms. The second kappa shape index (κ2) is 6.95. The van der Waals surface area contributed by atoms with Crippen molar-refractivity contribution < 1.29 is 4.79 Å². The molecule has 2 aromatic rings. The molecular weight excluding hydrogens is 296 g/mol. The van der Waals surface area contributed by atoms with Crippen molar-refractivity contribution in [1.29, 1.82) is 0 Å². The van der Waals surface area contributed by atoms with Crippen LogP contribution in [-0.2, 0) is 19.6 Å². The van der Waals surface area contributed by atoms with Crippen LogP contribution in [0.1, 0.15) is 32.6 Å². The largest absolute Gasteiger partial charge is 0.337 e. The van der Waals surface area contributed by atoms with Gasteiger partial charge in [-0.15, -0.1) is 12.4 Å². The van der Waals surface area contributed by atoms with Gasteiger partial charge >= 0.3 is 0 Å². The van der Waals surface area contributed by atoms with Gasteiger partial charge in [-0.3, -0.25) is 4.79 Å². The lowest BCUT2D eigenvalue weighted by atomic mass is 10.1. The number of fused-ring (bicyclic) bond motifs is 1. The maximum absolute atomic E-state index is 12.5. The smallest absolute Gasteiger partial charge is 0.253 e. The number of halogens is 1. The Balaban J connectivity index is 0.00000176. The van der Waals surface area contributed by atoms with Crippen molar-refractivity contribution in [2.45, 2.75) is 26.6 Å². The van der Waals surface area contributed by atoms with Crippen molar-refractivity contribution in [1.82, 2.24) is 10.2 Å². The average Bonchev–Trinajstić information content (AvgIpc) is 2.93. The van der Waals surface area contributed by atoms with E-state index in [1.54, 1.807) is 4.90 Å². The normalized spacial score (nSPS) is 12.5. The molecule has 0 bridgehead atoms. The van der Waals surface area contributed by atoms with Crippen LogP contribution in [0.15, 0.2) is 42.5 Å². The number of carbonyl (C=O) groups excluding carboxylic acids is 1. The SMILES string of the molecule is Cc1cccc(CN(C)C(=O)c2ccc3c(c2)CNC3)c1.Cl. The number of amides is 1. The highest BCUT2D eigenvalue weighted by Gasteiger charge is 2.16. The van der Waals surface area contributed by atoms with Crippen molar-refractivity contribution in [2.24, 2.45) is 0 Å². The molecule has 1 aliphatic heterocycles. The Morgan fingerprint density at radius 3 is 2.68 bits per heavy atom. The van der Waals surface area contributed by atoms with Gasteiger partial charge in [0, 0.05) is 32.2 Å². The second-order valence-corrected chi connectivity index (χ2v) is 5.74. The van der Waals surface area contributed by atoms with Crippen LogP contribution in [0.25, 0.3) is 0 Å². The van der Waals surface area contributed by atoms with Gasteiger partial charge in [-0.05, 0) is 35.7 Å². The standard InChI is InChI=1S/C18H20N2O.ClH/c1-13-4-3-5-14(8-13)12-20(2)18(21)15-6-7-16-10-19-11-17(16)9-15;/h3-9,19H,10-12H2,1-2H3;1H. The predicted molar refractivity (Wildman–Crippen MR) is 91.2 cm³/mol. The van der Waals surface area contributed by atoms with Gasteiger partial charge in [-0.25, -0.2) is 0 Å². The van der Waals surface area contributed by atoms with E-state index in [0.29, 0.717) is 6.54 Å². The summed E-state index contributed by atoms with van der Waals surface area (Å²) in [6, 6.07) is 14.3. The predicted octanol–water partition coefficient (Wildman–Crippen LogP) is 3.29. The number of carbonyl (C=O) groups is 1. The molecule has 4 heteroatoms. The Hall–Kier alpha value is -1.84. The fraction of sp³-hybridized carbons (Fsp3) is 0.278. The van der Waals surface area contributed by atoms with E-state index >= 15 is 0 Å². The molecule has 2 aromatic carbocycles. The van der Waals surface area contributed by atoms with Crippen LogP contribution in [-0.4, -0.2) is 17.9 Å². The van der Waals surface area contributed by atoms with Crippen molar-refractivity contribution >= 4 is 18.3 Å². The van der Waals surface area contributed by atoms with Gasteiger partial charge in [-0.2, -0.15) is 0 Å². The van der Waals surface area contributed by atoms with Crippen LogP contribution < -0.4 is 5.32 Å². The fourth-order valence-corrected chi connectivity index (χ4v) is 2.80. The Bertz CT molecular complexity index is 685. The minimum Gasteiger partial charge on any atom is -0.337 e. The van der Waals surface area contributed by atoms with Gasteiger partial charge in [0.15, 0.2) is 0 Å². The minimum atomic E-state index is 0. The van der Waals surface area contributed by atoms with Crippen LogP contribution in [0, 0.1) is 6.92 Å². The Morgan fingerprint density at radius 2 is 1.91 bits per heavy atom. The number of hydrogen-bond donors (Lipinski definition) is 1. The van der Waals surface area contributed by atoms with E-state index in [0.717, 1.165) is 24.2 Å². The molecule has 0 saturated heterocycles. The summed E-state index contributed by atoms with van der Waals surface area (Å²) in [6.07, 6.45) is 0. The van der Waals surface area contributed by atoms with Crippen molar-refractivity contribution in [2.75, 3.05) is 7.05 Å².